The Bertz CT molecular complexity index is 431. The average molecular weight is 261 g/mol. The van der Waals surface area contributed by atoms with Gasteiger partial charge in [-0.15, -0.1) is 0 Å². The Morgan fingerprint density at radius 1 is 1.32 bits per heavy atom. The van der Waals surface area contributed by atoms with Crippen LogP contribution in [0.4, 0.5) is 0 Å². The lowest BCUT2D eigenvalue weighted by atomic mass is 9.75. The van der Waals surface area contributed by atoms with E-state index < -0.39 is 0 Å². The van der Waals surface area contributed by atoms with E-state index in [1.807, 2.05) is 31.2 Å². The van der Waals surface area contributed by atoms with Gasteiger partial charge in [-0.3, -0.25) is 4.79 Å². The summed E-state index contributed by atoms with van der Waals surface area (Å²) in [5.74, 6) is 1.31. The molecule has 1 saturated carbocycles. The molecule has 0 aromatic heterocycles. The van der Waals surface area contributed by atoms with E-state index >= 15 is 0 Å². The maximum absolute atomic E-state index is 12.7. The molecule has 3 heteroatoms. The van der Waals surface area contributed by atoms with Gasteiger partial charge in [-0.25, -0.2) is 0 Å². The van der Waals surface area contributed by atoms with Gasteiger partial charge in [0.15, 0.2) is 5.78 Å². The first-order valence-corrected chi connectivity index (χ1v) is 7.24. The third kappa shape index (κ3) is 3.16. The molecule has 2 unspecified atom stereocenters. The van der Waals surface area contributed by atoms with Crippen LogP contribution in [0.5, 0.6) is 5.75 Å². The molecule has 1 fully saturated rings. The summed E-state index contributed by atoms with van der Waals surface area (Å²) in [6, 6.07) is 7.55. The molecule has 0 spiro atoms. The van der Waals surface area contributed by atoms with Gasteiger partial charge in [0.05, 0.1) is 12.2 Å². The van der Waals surface area contributed by atoms with Crippen molar-refractivity contribution in [3.63, 3.8) is 0 Å². The number of hydrogen-bond donors (Lipinski definition) is 1. The van der Waals surface area contributed by atoms with Crippen molar-refractivity contribution in [3.05, 3.63) is 29.8 Å². The SMILES string of the molecule is CCOc1ccccc1C(=O)C1CCCCC1CN. The monoisotopic (exact) mass is 261 g/mol. The van der Waals surface area contributed by atoms with Gasteiger partial charge >= 0.3 is 0 Å². The molecule has 0 bridgehead atoms. The van der Waals surface area contributed by atoms with E-state index in [1.54, 1.807) is 0 Å². The normalized spacial score (nSPS) is 23.1. The lowest BCUT2D eigenvalue weighted by Gasteiger charge is -2.29. The lowest BCUT2D eigenvalue weighted by Crippen LogP contribution is -2.32. The quantitative estimate of drug-likeness (QED) is 0.829. The van der Waals surface area contributed by atoms with Crippen LogP contribution in [0.2, 0.25) is 0 Å². The number of Topliss-reactive ketones (excluding diaryl/α,β-unsaturated/α-hetero) is 1. The van der Waals surface area contributed by atoms with Gasteiger partial charge < -0.3 is 10.5 Å². The highest BCUT2D eigenvalue weighted by molar-refractivity contribution is 6.00. The molecule has 1 aliphatic rings. The molecule has 2 rings (SSSR count). The lowest BCUT2D eigenvalue weighted by molar-refractivity contribution is 0.0826. The summed E-state index contributed by atoms with van der Waals surface area (Å²) in [5.41, 5.74) is 6.54. The highest BCUT2D eigenvalue weighted by Crippen LogP contribution is 2.34. The van der Waals surface area contributed by atoms with Gasteiger partial charge in [0.25, 0.3) is 0 Å². The molecule has 0 amide bonds. The summed E-state index contributed by atoms with van der Waals surface area (Å²) in [6.07, 6.45) is 4.35. The summed E-state index contributed by atoms with van der Waals surface area (Å²) in [5, 5.41) is 0. The number of rotatable bonds is 5. The number of para-hydroxylation sites is 1. The summed E-state index contributed by atoms with van der Waals surface area (Å²) in [7, 11) is 0. The van der Waals surface area contributed by atoms with Crippen molar-refractivity contribution in [2.24, 2.45) is 17.6 Å². The summed E-state index contributed by atoms with van der Waals surface area (Å²) in [4.78, 5) is 12.7. The minimum atomic E-state index is 0.0698. The van der Waals surface area contributed by atoms with Crippen LogP contribution in [0.25, 0.3) is 0 Å². The van der Waals surface area contributed by atoms with Crippen molar-refractivity contribution >= 4 is 5.78 Å². The molecule has 19 heavy (non-hydrogen) atoms. The Labute approximate surface area is 115 Å². The van der Waals surface area contributed by atoms with Crippen molar-refractivity contribution in [1.82, 2.24) is 0 Å². The Balaban J connectivity index is 2.22. The van der Waals surface area contributed by atoms with Crippen molar-refractivity contribution in [1.29, 1.82) is 0 Å². The summed E-state index contributed by atoms with van der Waals surface area (Å²) in [6.45, 7) is 3.12. The van der Waals surface area contributed by atoms with Crippen LogP contribution in [0, 0.1) is 11.8 Å². The fourth-order valence-electron chi connectivity index (χ4n) is 2.99. The molecule has 1 aromatic rings. The molecule has 2 atom stereocenters. The number of hydrogen-bond acceptors (Lipinski definition) is 3. The average Bonchev–Trinajstić information content (AvgIpc) is 2.47. The molecule has 0 aliphatic heterocycles. The summed E-state index contributed by atoms with van der Waals surface area (Å²) < 4.78 is 5.57. The van der Waals surface area contributed by atoms with E-state index in [0.717, 1.165) is 24.8 Å². The van der Waals surface area contributed by atoms with Crippen molar-refractivity contribution in [2.45, 2.75) is 32.6 Å². The van der Waals surface area contributed by atoms with Crippen LogP contribution in [-0.4, -0.2) is 18.9 Å². The highest BCUT2D eigenvalue weighted by atomic mass is 16.5. The Kier molecular flexibility index (Phi) is 4.97. The van der Waals surface area contributed by atoms with Gasteiger partial charge in [0.2, 0.25) is 0 Å². The number of benzene rings is 1. The second-order valence-corrected chi connectivity index (χ2v) is 5.18. The maximum Gasteiger partial charge on any atom is 0.169 e. The standard InChI is InChI=1S/C16H23NO2/c1-2-19-15-10-6-5-9-14(15)16(18)13-8-4-3-7-12(13)11-17/h5-6,9-10,12-13H,2-4,7-8,11,17H2,1H3. The van der Waals surface area contributed by atoms with Gasteiger partial charge in [-0.05, 0) is 44.4 Å². The minimum Gasteiger partial charge on any atom is -0.493 e. The zero-order chi connectivity index (χ0) is 13.7. The fourth-order valence-corrected chi connectivity index (χ4v) is 2.99. The second kappa shape index (κ2) is 6.71. The largest absolute Gasteiger partial charge is 0.493 e. The van der Waals surface area contributed by atoms with Gasteiger partial charge in [0, 0.05) is 5.92 Å². The molecule has 0 radical (unpaired) electrons. The Morgan fingerprint density at radius 2 is 2.05 bits per heavy atom. The van der Waals surface area contributed by atoms with E-state index in [1.165, 1.54) is 6.42 Å². The minimum absolute atomic E-state index is 0.0698. The molecular weight excluding hydrogens is 238 g/mol. The summed E-state index contributed by atoms with van der Waals surface area (Å²) >= 11 is 0. The first-order chi connectivity index (χ1) is 9.27. The third-order valence-electron chi connectivity index (χ3n) is 4.00. The van der Waals surface area contributed by atoms with Crippen LogP contribution in [0.15, 0.2) is 24.3 Å². The molecule has 0 heterocycles. The number of ether oxygens (including phenoxy) is 1. The van der Waals surface area contributed by atoms with Crippen LogP contribution in [-0.2, 0) is 0 Å². The highest BCUT2D eigenvalue weighted by Gasteiger charge is 2.31. The van der Waals surface area contributed by atoms with Crippen LogP contribution < -0.4 is 10.5 Å². The third-order valence-corrected chi connectivity index (χ3v) is 4.00. The molecule has 1 aromatic carbocycles. The van der Waals surface area contributed by atoms with Crippen LogP contribution in [0.1, 0.15) is 43.0 Å². The molecule has 1 aliphatic carbocycles. The Morgan fingerprint density at radius 3 is 2.79 bits per heavy atom. The van der Waals surface area contributed by atoms with Crippen molar-refractivity contribution < 1.29 is 9.53 Å². The predicted molar refractivity (Wildman–Crippen MR) is 76.4 cm³/mol. The number of carbonyl (C=O) groups is 1. The zero-order valence-electron chi connectivity index (χ0n) is 11.6. The van der Waals surface area contributed by atoms with Crippen LogP contribution in [0.3, 0.4) is 0 Å². The van der Waals surface area contributed by atoms with E-state index in [0.29, 0.717) is 24.8 Å². The van der Waals surface area contributed by atoms with Crippen molar-refractivity contribution in [2.75, 3.05) is 13.2 Å². The molecule has 104 valence electrons. The van der Waals surface area contributed by atoms with E-state index in [2.05, 4.69) is 0 Å². The first-order valence-electron chi connectivity index (χ1n) is 7.24. The second-order valence-electron chi connectivity index (χ2n) is 5.18. The Hall–Kier alpha value is -1.35. The maximum atomic E-state index is 12.7. The van der Waals surface area contributed by atoms with Crippen molar-refractivity contribution in [3.8, 4) is 5.75 Å². The molecular formula is C16H23NO2. The molecule has 0 saturated heterocycles. The van der Waals surface area contributed by atoms with E-state index in [-0.39, 0.29) is 11.7 Å². The van der Waals surface area contributed by atoms with Gasteiger partial charge in [0.1, 0.15) is 5.75 Å². The topological polar surface area (TPSA) is 52.3 Å². The number of carbonyl (C=O) groups excluding carboxylic acids is 1. The zero-order valence-corrected chi connectivity index (χ0v) is 11.6. The van der Waals surface area contributed by atoms with Gasteiger partial charge in [-0.2, -0.15) is 0 Å². The fraction of sp³-hybridized carbons (Fsp3) is 0.562. The molecule has 3 nitrogen and oxygen atoms in total. The smallest absolute Gasteiger partial charge is 0.169 e. The number of nitrogens with two attached hydrogens (primary N) is 1. The van der Waals surface area contributed by atoms with E-state index in [4.69, 9.17) is 10.5 Å². The van der Waals surface area contributed by atoms with Gasteiger partial charge in [-0.1, -0.05) is 25.0 Å². The predicted octanol–water partition coefficient (Wildman–Crippen LogP) is 3.03. The molecule has 2 N–H and O–H groups in total. The first kappa shape index (κ1) is 14.1. The number of ketones is 1. The van der Waals surface area contributed by atoms with E-state index in [9.17, 15) is 4.79 Å². The van der Waals surface area contributed by atoms with Crippen LogP contribution >= 0.6 is 0 Å².